The van der Waals surface area contributed by atoms with Crippen molar-refractivity contribution in [2.75, 3.05) is 26.9 Å². The lowest BCUT2D eigenvalue weighted by atomic mass is 9.98. The molecule has 4 rings (SSSR count). The van der Waals surface area contributed by atoms with Crippen LogP contribution in [0.5, 0.6) is 0 Å². The van der Waals surface area contributed by atoms with Crippen molar-refractivity contribution in [2.24, 2.45) is 5.92 Å². The number of ether oxygens (including phenoxy) is 3. The van der Waals surface area contributed by atoms with Gasteiger partial charge in [-0.05, 0) is 35.6 Å². The number of carboxylic acids is 1. The van der Waals surface area contributed by atoms with Crippen LogP contribution in [0.1, 0.15) is 30.4 Å². The summed E-state index contributed by atoms with van der Waals surface area (Å²) in [5.41, 5.74) is 4.55. The van der Waals surface area contributed by atoms with E-state index in [1.165, 1.54) is 7.11 Å². The predicted octanol–water partition coefficient (Wildman–Crippen LogP) is 2.53. The van der Waals surface area contributed by atoms with Gasteiger partial charge >= 0.3 is 12.1 Å². The molecular formula is C26H30N2O7. The number of hydrogen-bond donors (Lipinski definition) is 3. The van der Waals surface area contributed by atoms with Gasteiger partial charge in [0.1, 0.15) is 12.7 Å². The summed E-state index contributed by atoms with van der Waals surface area (Å²) in [6.07, 6.45) is -1.60. The quantitative estimate of drug-likeness (QED) is 0.502. The Morgan fingerprint density at radius 2 is 1.71 bits per heavy atom. The molecular weight excluding hydrogens is 452 g/mol. The molecule has 35 heavy (non-hydrogen) atoms. The third kappa shape index (κ3) is 5.31. The Labute approximate surface area is 203 Å². The minimum Gasteiger partial charge on any atom is -0.480 e. The number of carbonyl (C=O) groups is 3. The molecule has 1 saturated heterocycles. The van der Waals surface area contributed by atoms with Gasteiger partial charge in [0.2, 0.25) is 5.91 Å². The summed E-state index contributed by atoms with van der Waals surface area (Å²) in [4.78, 5) is 36.6. The molecule has 0 saturated carbocycles. The molecule has 1 aliphatic heterocycles. The monoisotopic (exact) mass is 482 g/mol. The minimum atomic E-state index is -1.20. The van der Waals surface area contributed by atoms with Gasteiger partial charge in [0, 0.05) is 32.1 Å². The fourth-order valence-electron chi connectivity index (χ4n) is 4.75. The van der Waals surface area contributed by atoms with Gasteiger partial charge in [0.05, 0.1) is 6.10 Å². The second-order valence-electron chi connectivity index (χ2n) is 8.81. The Bertz CT molecular complexity index is 1040. The molecule has 4 atom stereocenters. The lowest BCUT2D eigenvalue weighted by Crippen LogP contribution is -2.53. The lowest BCUT2D eigenvalue weighted by molar-refractivity contribution is -0.147. The van der Waals surface area contributed by atoms with E-state index in [0.717, 1.165) is 22.3 Å². The predicted molar refractivity (Wildman–Crippen MR) is 127 cm³/mol. The number of methoxy groups -OCH3 is 1. The zero-order chi connectivity index (χ0) is 24.9. The first-order chi connectivity index (χ1) is 16.9. The van der Waals surface area contributed by atoms with E-state index >= 15 is 0 Å². The Balaban J connectivity index is 1.31. The number of nitrogens with one attached hydrogen (secondary N) is 2. The molecule has 2 aromatic carbocycles. The van der Waals surface area contributed by atoms with Crippen LogP contribution < -0.4 is 10.6 Å². The number of carbonyl (C=O) groups excluding carboxylic acids is 2. The highest BCUT2D eigenvalue weighted by Crippen LogP contribution is 2.44. The van der Waals surface area contributed by atoms with Gasteiger partial charge in [-0.3, -0.25) is 4.79 Å². The number of rotatable bonds is 9. The van der Waals surface area contributed by atoms with Crippen LogP contribution in [-0.4, -0.2) is 68.2 Å². The van der Waals surface area contributed by atoms with E-state index in [-0.39, 0.29) is 25.0 Å². The molecule has 2 aromatic rings. The van der Waals surface area contributed by atoms with Crippen LogP contribution in [-0.2, 0) is 23.8 Å². The number of hydrogen-bond acceptors (Lipinski definition) is 6. The normalized spacial score (nSPS) is 20.4. The summed E-state index contributed by atoms with van der Waals surface area (Å²) in [6.45, 7) is 2.27. The fourth-order valence-corrected chi connectivity index (χ4v) is 4.75. The zero-order valence-electron chi connectivity index (χ0n) is 19.7. The maximum Gasteiger partial charge on any atom is 0.407 e. The number of carboxylic acid groups (broad SMARTS) is 1. The Hall–Kier alpha value is -3.43. The molecule has 1 heterocycles. The second-order valence-corrected chi connectivity index (χ2v) is 8.81. The SMILES string of the molecule is COC(C)C(NC(=O)C1OCCC1CNC(=O)OCC1c2ccccc2-c2ccccc21)C(=O)O. The fraction of sp³-hybridized carbons (Fsp3) is 0.423. The van der Waals surface area contributed by atoms with Crippen molar-refractivity contribution in [3.63, 3.8) is 0 Å². The van der Waals surface area contributed by atoms with Crippen molar-refractivity contribution in [1.82, 2.24) is 10.6 Å². The van der Waals surface area contributed by atoms with Crippen molar-refractivity contribution in [2.45, 2.75) is 37.5 Å². The van der Waals surface area contributed by atoms with Crippen molar-refractivity contribution in [3.8, 4) is 11.1 Å². The maximum absolute atomic E-state index is 12.7. The molecule has 0 spiro atoms. The van der Waals surface area contributed by atoms with Gasteiger partial charge < -0.3 is 30.0 Å². The highest BCUT2D eigenvalue weighted by molar-refractivity contribution is 5.87. The van der Waals surface area contributed by atoms with Crippen LogP contribution in [0.15, 0.2) is 48.5 Å². The van der Waals surface area contributed by atoms with Crippen LogP contribution in [0.4, 0.5) is 4.79 Å². The lowest BCUT2D eigenvalue weighted by Gasteiger charge is -2.24. The van der Waals surface area contributed by atoms with Gasteiger partial charge in [-0.25, -0.2) is 9.59 Å². The second kappa shape index (κ2) is 10.9. The Kier molecular flexibility index (Phi) is 7.67. The first kappa shape index (κ1) is 24.7. The summed E-state index contributed by atoms with van der Waals surface area (Å²) >= 11 is 0. The van der Waals surface area contributed by atoms with Gasteiger partial charge in [-0.2, -0.15) is 0 Å². The summed E-state index contributed by atoms with van der Waals surface area (Å²) in [7, 11) is 1.37. The summed E-state index contributed by atoms with van der Waals surface area (Å²) in [5.74, 6) is -2.09. The van der Waals surface area contributed by atoms with Crippen molar-refractivity contribution >= 4 is 18.0 Å². The van der Waals surface area contributed by atoms with E-state index in [4.69, 9.17) is 14.2 Å². The van der Waals surface area contributed by atoms with Crippen LogP contribution >= 0.6 is 0 Å². The molecule has 0 aromatic heterocycles. The molecule has 4 unspecified atom stereocenters. The number of aliphatic carboxylic acids is 1. The summed E-state index contributed by atoms with van der Waals surface area (Å²) < 4.78 is 16.1. The molecule has 1 fully saturated rings. The highest BCUT2D eigenvalue weighted by Gasteiger charge is 2.37. The Morgan fingerprint density at radius 1 is 1.09 bits per heavy atom. The molecule has 9 heteroatoms. The molecule has 2 amide bonds. The smallest absolute Gasteiger partial charge is 0.407 e. The van der Waals surface area contributed by atoms with E-state index in [2.05, 4.69) is 34.9 Å². The molecule has 0 radical (unpaired) electrons. The third-order valence-corrected chi connectivity index (χ3v) is 6.73. The van der Waals surface area contributed by atoms with E-state index in [0.29, 0.717) is 13.0 Å². The van der Waals surface area contributed by atoms with E-state index in [1.54, 1.807) is 6.92 Å². The number of amides is 2. The summed E-state index contributed by atoms with van der Waals surface area (Å²) in [5, 5.41) is 14.6. The molecule has 9 nitrogen and oxygen atoms in total. The number of benzene rings is 2. The summed E-state index contributed by atoms with van der Waals surface area (Å²) in [6, 6.07) is 15.0. The molecule has 1 aliphatic carbocycles. The molecule has 186 valence electrons. The van der Waals surface area contributed by atoms with Gasteiger partial charge in [-0.1, -0.05) is 48.5 Å². The number of fused-ring (bicyclic) bond motifs is 3. The van der Waals surface area contributed by atoms with E-state index < -0.39 is 36.2 Å². The van der Waals surface area contributed by atoms with Crippen LogP contribution in [0.3, 0.4) is 0 Å². The first-order valence-electron chi connectivity index (χ1n) is 11.7. The topological polar surface area (TPSA) is 123 Å². The Morgan fingerprint density at radius 3 is 2.31 bits per heavy atom. The molecule has 3 N–H and O–H groups in total. The van der Waals surface area contributed by atoms with Crippen molar-refractivity contribution in [3.05, 3.63) is 59.7 Å². The third-order valence-electron chi connectivity index (χ3n) is 6.73. The van der Waals surface area contributed by atoms with Crippen LogP contribution in [0.2, 0.25) is 0 Å². The van der Waals surface area contributed by atoms with Crippen molar-refractivity contribution < 1.29 is 33.7 Å². The zero-order valence-corrected chi connectivity index (χ0v) is 19.7. The standard InChI is InChI=1S/C26H30N2O7/c1-15(33-2)22(25(30)31)28-24(29)23-16(11-12-34-23)13-27-26(32)35-14-21-19-9-5-3-7-17(19)18-8-4-6-10-20(18)21/h3-10,15-16,21-23H,11-14H2,1-2H3,(H,27,32)(H,28,29)(H,30,31). The maximum atomic E-state index is 12.7. The van der Waals surface area contributed by atoms with Gasteiger partial charge in [0.25, 0.3) is 0 Å². The molecule has 2 aliphatic rings. The van der Waals surface area contributed by atoms with Crippen LogP contribution in [0, 0.1) is 5.92 Å². The minimum absolute atomic E-state index is 0.0442. The first-order valence-corrected chi connectivity index (χ1v) is 11.7. The average molecular weight is 483 g/mol. The van der Waals surface area contributed by atoms with Crippen LogP contribution in [0.25, 0.3) is 11.1 Å². The van der Waals surface area contributed by atoms with E-state index in [1.807, 2.05) is 24.3 Å². The number of alkyl carbamates (subject to hydrolysis) is 1. The van der Waals surface area contributed by atoms with Gasteiger partial charge in [-0.15, -0.1) is 0 Å². The van der Waals surface area contributed by atoms with Gasteiger partial charge in [0.15, 0.2) is 6.04 Å². The van der Waals surface area contributed by atoms with E-state index in [9.17, 15) is 19.5 Å². The molecule has 0 bridgehead atoms. The largest absolute Gasteiger partial charge is 0.480 e. The highest BCUT2D eigenvalue weighted by atomic mass is 16.5. The average Bonchev–Trinajstić information content (AvgIpc) is 3.47. The van der Waals surface area contributed by atoms with Crippen molar-refractivity contribution in [1.29, 1.82) is 0 Å².